The summed E-state index contributed by atoms with van der Waals surface area (Å²) in [5, 5.41) is 4.71. The van der Waals surface area contributed by atoms with Crippen LogP contribution in [0.3, 0.4) is 0 Å². The van der Waals surface area contributed by atoms with Gasteiger partial charge in [0.2, 0.25) is 0 Å². The summed E-state index contributed by atoms with van der Waals surface area (Å²) in [6.07, 6.45) is 2.18. The predicted molar refractivity (Wildman–Crippen MR) is 80.8 cm³/mol. The van der Waals surface area contributed by atoms with Crippen molar-refractivity contribution in [1.82, 2.24) is 14.8 Å². The molecule has 0 saturated heterocycles. The Balaban J connectivity index is 2.25. The zero-order valence-electron chi connectivity index (χ0n) is 12.2. The van der Waals surface area contributed by atoms with E-state index in [1.165, 1.54) is 6.33 Å². The number of rotatable bonds is 7. The number of aryl methyl sites for hydroxylation is 1. The number of nitrogens with zero attached hydrogens (tertiary/aromatic N) is 3. The average Bonchev–Trinajstić information content (AvgIpc) is 2.93. The Hall–Kier alpha value is -1.79. The third-order valence-corrected chi connectivity index (χ3v) is 3.29. The van der Waals surface area contributed by atoms with Crippen LogP contribution >= 0.6 is 11.6 Å². The maximum atomic E-state index is 6.08. The first-order chi connectivity index (χ1) is 10.2. The second-order valence-corrected chi connectivity index (χ2v) is 4.85. The second kappa shape index (κ2) is 7.28. The van der Waals surface area contributed by atoms with Crippen molar-refractivity contribution in [3.05, 3.63) is 34.9 Å². The summed E-state index contributed by atoms with van der Waals surface area (Å²) in [5.74, 6) is 2.00. The van der Waals surface area contributed by atoms with Gasteiger partial charge in [-0.15, -0.1) is 0 Å². The molecule has 1 heterocycles. The Morgan fingerprint density at radius 3 is 2.86 bits per heavy atom. The van der Waals surface area contributed by atoms with Crippen LogP contribution < -0.4 is 15.2 Å². The number of halogens is 1. The number of methoxy groups -OCH3 is 1. The van der Waals surface area contributed by atoms with Gasteiger partial charge in [-0.3, -0.25) is 0 Å². The Bertz CT molecular complexity index is 601. The molecule has 2 N–H and O–H groups in total. The van der Waals surface area contributed by atoms with Crippen molar-refractivity contribution in [3.8, 4) is 11.5 Å². The first kappa shape index (κ1) is 15.6. The summed E-state index contributed by atoms with van der Waals surface area (Å²) in [7, 11) is 1.58. The number of benzene rings is 1. The van der Waals surface area contributed by atoms with E-state index in [9.17, 15) is 0 Å². The molecule has 0 spiro atoms. The fourth-order valence-corrected chi connectivity index (χ4v) is 2.31. The Morgan fingerprint density at radius 1 is 1.38 bits per heavy atom. The zero-order chi connectivity index (χ0) is 15.2. The van der Waals surface area contributed by atoms with Gasteiger partial charge in [-0.25, -0.2) is 9.67 Å². The Kier molecular flexibility index (Phi) is 5.41. The predicted octanol–water partition coefficient (Wildman–Crippen LogP) is 2.04. The van der Waals surface area contributed by atoms with E-state index in [2.05, 4.69) is 10.1 Å². The van der Waals surface area contributed by atoms with Crippen LogP contribution in [0, 0.1) is 0 Å². The molecule has 6 nitrogen and oxygen atoms in total. The fourth-order valence-electron chi connectivity index (χ4n) is 2.08. The number of ether oxygens (including phenoxy) is 2. The van der Waals surface area contributed by atoms with E-state index >= 15 is 0 Å². The zero-order valence-corrected chi connectivity index (χ0v) is 12.9. The highest BCUT2D eigenvalue weighted by atomic mass is 35.5. The Labute approximate surface area is 128 Å². The molecule has 1 aromatic heterocycles. The topological polar surface area (TPSA) is 75.2 Å². The molecule has 0 bridgehead atoms. The highest BCUT2D eigenvalue weighted by Gasteiger charge is 2.14. The summed E-state index contributed by atoms with van der Waals surface area (Å²) < 4.78 is 13.0. The van der Waals surface area contributed by atoms with Crippen molar-refractivity contribution >= 4 is 11.6 Å². The third kappa shape index (κ3) is 3.65. The van der Waals surface area contributed by atoms with Crippen molar-refractivity contribution < 1.29 is 9.47 Å². The van der Waals surface area contributed by atoms with E-state index in [1.54, 1.807) is 17.9 Å². The lowest BCUT2D eigenvalue weighted by molar-refractivity contribution is 0.267. The molecule has 0 unspecified atom stereocenters. The van der Waals surface area contributed by atoms with E-state index in [-0.39, 0.29) is 0 Å². The van der Waals surface area contributed by atoms with Gasteiger partial charge in [0.05, 0.1) is 7.11 Å². The van der Waals surface area contributed by atoms with Crippen molar-refractivity contribution in [2.45, 2.75) is 26.5 Å². The smallest absolute Gasteiger partial charge is 0.165 e. The molecule has 0 atom stereocenters. The summed E-state index contributed by atoms with van der Waals surface area (Å²) in [6, 6.07) is 3.57. The third-order valence-electron chi connectivity index (χ3n) is 3.07. The molecule has 21 heavy (non-hydrogen) atoms. The molecule has 0 aliphatic carbocycles. The standard InChI is InChI=1S/C14H19ClN4O2/c1-3-19-13(17-9-18-19)8-21-14-10(4-5-16)6-11(15)7-12(14)20-2/h6-7,9H,3-5,8,16H2,1-2H3. The number of nitrogens with two attached hydrogens (primary N) is 1. The molecule has 2 rings (SSSR count). The highest BCUT2D eigenvalue weighted by molar-refractivity contribution is 6.30. The number of aromatic nitrogens is 3. The van der Waals surface area contributed by atoms with Gasteiger partial charge in [0.15, 0.2) is 17.3 Å². The lowest BCUT2D eigenvalue weighted by Gasteiger charge is -2.15. The first-order valence-electron chi connectivity index (χ1n) is 6.75. The summed E-state index contributed by atoms with van der Waals surface area (Å²) >= 11 is 6.08. The van der Waals surface area contributed by atoms with Gasteiger partial charge >= 0.3 is 0 Å². The van der Waals surface area contributed by atoms with Crippen LogP contribution in [-0.2, 0) is 19.6 Å². The summed E-state index contributed by atoms with van der Waals surface area (Å²) in [4.78, 5) is 4.19. The van der Waals surface area contributed by atoms with Crippen LogP contribution in [0.15, 0.2) is 18.5 Å². The van der Waals surface area contributed by atoms with Gasteiger partial charge in [-0.2, -0.15) is 5.10 Å². The lowest BCUT2D eigenvalue weighted by Crippen LogP contribution is -2.10. The van der Waals surface area contributed by atoms with E-state index < -0.39 is 0 Å². The van der Waals surface area contributed by atoms with Gasteiger partial charge in [-0.05, 0) is 26.0 Å². The van der Waals surface area contributed by atoms with E-state index in [0.717, 1.165) is 17.9 Å². The fraction of sp³-hybridized carbons (Fsp3) is 0.429. The maximum absolute atomic E-state index is 6.08. The van der Waals surface area contributed by atoms with Crippen molar-refractivity contribution in [2.75, 3.05) is 13.7 Å². The second-order valence-electron chi connectivity index (χ2n) is 4.42. The van der Waals surface area contributed by atoms with Crippen molar-refractivity contribution in [2.24, 2.45) is 5.73 Å². The largest absolute Gasteiger partial charge is 0.493 e. The lowest BCUT2D eigenvalue weighted by atomic mass is 10.1. The SMILES string of the molecule is CCn1ncnc1COc1c(CCN)cc(Cl)cc1OC. The van der Waals surface area contributed by atoms with Crippen molar-refractivity contribution in [3.63, 3.8) is 0 Å². The normalized spacial score (nSPS) is 10.7. The summed E-state index contributed by atoms with van der Waals surface area (Å²) in [6.45, 7) is 3.56. The minimum atomic E-state index is 0.309. The van der Waals surface area contributed by atoms with Crippen molar-refractivity contribution in [1.29, 1.82) is 0 Å². The van der Waals surface area contributed by atoms with Crippen LogP contribution in [0.4, 0.5) is 0 Å². The molecule has 7 heteroatoms. The maximum Gasteiger partial charge on any atom is 0.165 e. The van der Waals surface area contributed by atoms with Crippen LogP contribution in [-0.4, -0.2) is 28.4 Å². The number of hydrogen-bond acceptors (Lipinski definition) is 5. The molecule has 114 valence electrons. The minimum absolute atomic E-state index is 0.309. The molecular weight excluding hydrogens is 292 g/mol. The molecule has 0 fully saturated rings. The average molecular weight is 311 g/mol. The van der Waals surface area contributed by atoms with Gasteiger partial charge < -0.3 is 15.2 Å². The Morgan fingerprint density at radius 2 is 2.19 bits per heavy atom. The van der Waals surface area contributed by atoms with Crippen LogP contribution in [0.5, 0.6) is 11.5 Å². The van der Waals surface area contributed by atoms with E-state index in [4.69, 9.17) is 26.8 Å². The molecule has 0 aliphatic rings. The quantitative estimate of drug-likeness (QED) is 0.847. The van der Waals surface area contributed by atoms with Crippen LogP contribution in [0.1, 0.15) is 18.3 Å². The minimum Gasteiger partial charge on any atom is -0.493 e. The van der Waals surface area contributed by atoms with Gasteiger partial charge in [-0.1, -0.05) is 11.6 Å². The van der Waals surface area contributed by atoms with Crippen LogP contribution in [0.25, 0.3) is 0 Å². The first-order valence-corrected chi connectivity index (χ1v) is 7.13. The molecule has 0 amide bonds. The molecule has 0 saturated carbocycles. The van der Waals surface area contributed by atoms with E-state index in [0.29, 0.717) is 36.1 Å². The van der Waals surface area contributed by atoms with Gasteiger partial charge in [0, 0.05) is 23.2 Å². The molecular formula is C14H19ClN4O2. The monoisotopic (exact) mass is 310 g/mol. The molecule has 2 aromatic rings. The molecule has 0 aliphatic heterocycles. The van der Waals surface area contributed by atoms with E-state index in [1.807, 2.05) is 13.0 Å². The van der Waals surface area contributed by atoms with Gasteiger partial charge in [0.25, 0.3) is 0 Å². The number of hydrogen-bond donors (Lipinski definition) is 1. The van der Waals surface area contributed by atoms with Crippen LogP contribution in [0.2, 0.25) is 5.02 Å². The highest BCUT2D eigenvalue weighted by Crippen LogP contribution is 2.35. The molecule has 0 radical (unpaired) electrons. The molecule has 1 aromatic carbocycles. The van der Waals surface area contributed by atoms with Gasteiger partial charge in [0.1, 0.15) is 12.9 Å². The summed E-state index contributed by atoms with van der Waals surface area (Å²) in [5.41, 5.74) is 6.56.